The van der Waals surface area contributed by atoms with E-state index in [1.54, 1.807) is 0 Å². The fourth-order valence-electron chi connectivity index (χ4n) is 2.59. The number of piperidine rings is 1. The summed E-state index contributed by atoms with van der Waals surface area (Å²) in [5, 5.41) is 4.63. The van der Waals surface area contributed by atoms with Crippen LogP contribution in [0.25, 0.3) is 11.4 Å². The third kappa shape index (κ3) is 4.22. The number of likely N-dealkylation sites (tertiary alicyclic amines) is 1. The van der Waals surface area contributed by atoms with Crippen molar-refractivity contribution >= 4 is 17.6 Å². The normalized spacial score (nSPS) is 15.9. The van der Waals surface area contributed by atoms with Gasteiger partial charge < -0.3 is 15.2 Å². The van der Waals surface area contributed by atoms with E-state index in [4.69, 9.17) is 21.9 Å². The van der Waals surface area contributed by atoms with Gasteiger partial charge >= 0.3 is 0 Å². The molecule has 6 nitrogen and oxygen atoms in total. The van der Waals surface area contributed by atoms with Gasteiger partial charge in [-0.3, -0.25) is 4.99 Å². The molecule has 1 fully saturated rings. The van der Waals surface area contributed by atoms with E-state index in [-0.39, 0.29) is 0 Å². The summed E-state index contributed by atoms with van der Waals surface area (Å²) in [4.78, 5) is 10.9. The molecule has 122 valence electrons. The number of hydrogen-bond donors (Lipinski definition) is 1. The van der Waals surface area contributed by atoms with Gasteiger partial charge in [0.1, 0.15) is 0 Å². The minimum absolute atomic E-state index is 0.537. The largest absolute Gasteiger partial charge is 0.370 e. The number of hydrogen-bond acceptors (Lipinski definition) is 4. The SMILES string of the molecule is NC(=NCCc1nc(-c2cccc(Cl)c2)no1)N1CCCCC1. The van der Waals surface area contributed by atoms with Crippen LogP contribution in [0.3, 0.4) is 0 Å². The molecule has 1 aliphatic rings. The van der Waals surface area contributed by atoms with Crippen LogP contribution in [0, 0.1) is 0 Å². The van der Waals surface area contributed by atoms with E-state index in [2.05, 4.69) is 20.0 Å². The molecule has 3 rings (SSSR count). The molecule has 1 aromatic heterocycles. The maximum absolute atomic E-state index is 6.02. The van der Waals surface area contributed by atoms with E-state index in [9.17, 15) is 0 Å². The zero-order valence-corrected chi connectivity index (χ0v) is 13.7. The lowest BCUT2D eigenvalue weighted by atomic mass is 10.1. The van der Waals surface area contributed by atoms with Gasteiger partial charge in [0.2, 0.25) is 11.7 Å². The molecular weight excluding hydrogens is 314 g/mol. The third-order valence-corrected chi connectivity index (χ3v) is 4.07. The number of aliphatic imine (C=N–C) groups is 1. The molecule has 2 heterocycles. The predicted octanol–water partition coefficient (Wildman–Crippen LogP) is 2.73. The molecule has 23 heavy (non-hydrogen) atoms. The zero-order chi connectivity index (χ0) is 16.1. The maximum atomic E-state index is 6.02. The quantitative estimate of drug-likeness (QED) is 0.687. The molecule has 0 saturated carbocycles. The number of aromatic nitrogens is 2. The first-order chi connectivity index (χ1) is 11.2. The lowest BCUT2D eigenvalue weighted by Crippen LogP contribution is -2.41. The Balaban J connectivity index is 1.57. The van der Waals surface area contributed by atoms with Gasteiger partial charge in [0.15, 0.2) is 5.96 Å². The second-order valence-electron chi connectivity index (χ2n) is 5.56. The molecule has 0 unspecified atom stereocenters. The van der Waals surface area contributed by atoms with Crippen LogP contribution >= 0.6 is 11.6 Å². The molecule has 0 aliphatic carbocycles. The summed E-state index contributed by atoms with van der Waals surface area (Å²) in [7, 11) is 0. The first-order valence-electron chi connectivity index (χ1n) is 7.86. The lowest BCUT2D eigenvalue weighted by molar-refractivity contribution is 0.337. The number of nitrogens with two attached hydrogens (primary N) is 1. The Kier molecular flexibility index (Phi) is 5.12. The molecule has 0 spiro atoms. The third-order valence-electron chi connectivity index (χ3n) is 3.83. The highest BCUT2D eigenvalue weighted by molar-refractivity contribution is 6.30. The molecule has 0 radical (unpaired) electrons. The summed E-state index contributed by atoms with van der Waals surface area (Å²) in [5.74, 6) is 1.70. The van der Waals surface area contributed by atoms with Gasteiger partial charge in [-0.25, -0.2) is 0 Å². The number of benzene rings is 1. The highest BCUT2D eigenvalue weighted by atomic mass is 35.5. The van der Waals surface area contributed by atoms with Crippen molar-refractivity contribution in [2.75, 3.05) is 19.6 Å². The molecule has 2 N–H and O–H groups in total. The Labute approximate surface area is 140 Å². The summed E-state index contributed by atoms with van der Waals surface area (Å²) >= 11 is 5.97. The van der Waals surface area contributed by atoms with Crippen LogP contribution in [0.4, 0.5) is 0 Å². The Hall–Kier alpha value is -2.08. The summed E-state index contributed by atoms with van der Waals surface area (Å²) in [5.41, 5.74) is 6.86. The van der Waals surface area contributed by atoms with Gasteiger partial charge in [0.05, 0.1) is 6.54 Å². The predicted molar refractivity (Wildman–Crippen MR) is 90.4 cm³/mol. The van der Waals surface area contributed by atoms with Crippen molar-refractivity contribution in [1.29, 1.82) is 0 Å². The van der Waals surface area contributed by atoms with E-state index in [1.165, 1.54) is 19.3 Å². The van der Waals surface area contributed by atoms with Crippen LogP contribution in [0.5, 0.6) is 0 Å². The second-order valence-corrected chi connectivity index (χ2v) is 6.00. The molecule has 1 aromatic carbocycles. The molecule has 1 aliphatic heterocycles. The van der Waals surface area contributed by atoms with Crippen molar-refractivity contribution in [1.82, 2.24) is 15.0 Å². The fourth-order valence-corrected chi connectivity index (χ4v) is 2.78. The number of nitrogens with zero attached hydrogens (tertiary/aromatic N) is 4. The van der Waals surface area contributed by atoms with Crippen LogP contribution in [-0.2, 0) is 6.42 Å². The molecular formula is C16H20ClN5O. The van der Waals surface area contributed by atoms with Gasteiger partial charge in [0, 0.05) is 30.1 Å². The standard InChI is InChI=1S/C16H20ClN5O/c17-13-6-4-5-12(11-13)15-20-14(23-21-15)7-8-19-16(18)22-9-2-1-3-10-22/h4-6,11H,1-3,7-10H2,(H2,18,19). The van der Waals surface area contributed by atoms with Gasteiger partial charge in [0.25, 0.3) is 0 Å². The maximum Gasteiger partial charge on any atom is 0.228 e. The number of guanidine groups is 1. The van der Waals surface area contributed by atoms with Crippen molar-refractivity contribution in [3.05, 3.63) is 35.2 Å². The average Bonchev–Trinajstić information content (AvgIpc) is 3.04. The van der Waals surface area contributed by atoms with Crippen LogP contribution < -0.4 is 5.73 Å². The van der Waals surface area contributed by atoms with Gasteiger partial charge in [-0.05, 0) is 31.4 Å². The van der Waals surface area contributed by atoms with Crippen molar-refractivity contribution in [3.63, 3.8) is 0 Å². The number of halogens is 1. The van der Waals surface area contributed by atoms with Gasteiger partial charge in [-0.1, -0.05) is 28.9 Å². The Morgan fingerprint density at radius 2 is 2.13 bits per heavy atom. The molecule has 0 amide bonds. The monoisotopic (exact) mass is 333 g/mol. The van der Waals surface area contributed by atoms with Crippen molar-refractivity contribution in [2.45, 2.75) is 25.7 Å². The topological polar surface area (TPSA) is 80.5 Å². The van der Waals surface area contributed by atoms with E-state index >= 15 is 0 Å². The highest BCUT2D eigenvalue weighted by Gasteiger charge is 2.12. The molecule has 1 saturated heterocycles. The first-order valence-corrected chi connectivity index (χ1v) is 8.23. The molecule has 7 heteroatoms. The Bertz CT molecular complexity index is 679. The van der Waals surface area contributed by atoms with Gasteiger partial charge in [-0.15, -0.1) is 0 Å². The lowest BCUT2D eigenvalue weighted by Gasteiger charge is -2.27. The van der Waals surface area contributed by atoms with E-state index < -0.39 is 0 Å². The number of rotatable bonds is 4. The van der Waals surface area contributed by atoms with Crippen molar-refractivity contribution in [2.24, 2.45) is 10.7 Å². The Morgan fingerprint density at radius 3 is 2.91 bits per heavy atom. The van der Waals surface area contributed by atoms with Gasteiger partial charge in [-0.2, -0.15) is 4.98 Å². The van der Waals surface area contributed by atoms with Crippen molar-refractivity contribution < 1.29 is 4.52 Å². The molecule has 2 aromatic rings. The molecule has 0 bridgehead atoms. The minimum Gasteiger partial charge on any atom is -0.370 e. The van der Waals surface area contributed by atoms with Crippen LogP contribution in [0.1, 0.15) is 25.2 Å². The summed E-state index contributed by atoms with van der Waals surface area (Å²) < 4.78 is 5.26. The average molecular weight is 334 g/mol. The van der Waals surface area contributed by atoms with Crippen LogP contribution in [-0.4, -0.2) is 40.6 Å². The zero-order valence-electron chi connectivity index (χ0n) is 12.9. The second kappa shape index (κ2) is 7.46. The fraction of sp³-hybridized carbons (Fsp3) is 0.438. The van der Waals surface area contributed by atoms with Crippen LogP contribution in [0.2, 0.25) is 5.02 Å². The Morgan fingerprint density at radius 1 is 1.30 bits per heavy atom. The summed E-state index contributed by atoms with van der Waals surface area (Å²) in [6, 6.07) is 7.37. The summed E-state index contributed by atoms with van der Waals surface area (Å²) in [6.07, 6.45) is 4.21. The molecule has 0 atom stereocenters. The minimum atomic E-state index is 0.537. The smallest absolute Gasteiger partial charge is 0.228 e. The van der Waals surface area contributed by atoms with E-state index in [0.717, 1.165) is 18.7 Å². The first kappa shape index (κ1) is 15.8. The highest BCUT2D eigenvalue weighted by Crippen LogP contribution is 2.20. The summed E-state index contributed by atoms with van der Waals surface area (Å²) in [6.45, 7) is 2.53. The van der Waals surface area contributed by atoms with E-state index in [1.807, 2.05) is 24.3 Å². The van der Waals surface area contributed by atoms with E-state index in [0.29, 0.717) is 35.7 Å². The van der Waals surface area contributed by atoms with Crippen LogP contribution in [0.15, 0.2) is 33.8 Å². The van der Waals surface area contributed by atoms with Crippen molar-refractivity contribution in [3.8, 4) is 11.4 Å².